The number of aromatic nitrogens is 1. The normalized spacial score (nSPS) is 10.7. The lowest BCUT2D eigenvalue weighted by molar-refractivity contribution is 0.517. The van der Waals surface area contributed by atoms with E-state index in [0.717, 1.165) is 6.07 Å². The summed E-state index contributed by atoms with van der Waals surface area (Å²) in [4.78, 5) is 3.75. The molecule has 0 fully saturated rings. The van der Waals surface area contributed by atoms with Crippen LogP contribution in [0.3, 0.4) is 0 Å². The lowest BCUT2D eigenvalue weighted by Crippen LogP contribution is -1.87. The quantitative estimate of drug-likeness (QED) is 0.594. The first-order valence-corrected chi connectivity index (χ1v) is 3.95. The molecule has 0 amide bonds. The van der Waals surface area contributed by atoms with E-state index >= 15 is 0 Å². The lowest BCUT2D eigenvalue weighted by atomic mass is 10.2. The van der Waals surface area contributed by atoms with E-state index in [1.807, 2.05) is 0 Å². The van der Waals surface area contributed by atoms with Crippen LogP contribution in [0.4, 0.5) is 8.78 Å². The molecule has 13 heavy (non-hydrogen) atoms. The van der Waals surface area contributed by atoms with E-state index in [1.165, 1.54) is 18.3 Å². The molecule has 66 valence electrons. The number of halogens is 3. The molecule has 1 aromatic heterocycles. The average molecular weight is 200 g/mol. The van der Waals surface area contributed by atoms with Gasteiger partial charge in [0.05, 0.1) is 0 Å². The fourth-order valence-corrected chi connectivity index (χ4v) is 1.29. The van der Waals surface area contributed by atoms with E-state index in [4.69, 9.17) is 11.6 Å². The van der Waals surface area contributed by atoms with Gasteiger partial charge >= 0.3 is 0 Å². The van der Waals surface area contributed by atoms with Crippen LogP contribution in [0.15, 0.2) is 24.4 Å². The van der Waals surface area contributed by atoms with Crippen LogP contribution < -0.4 is 0 Å². The first-order valence-electron chi connectivity index (χ1n) is 3.58. The van der Waals surface area contributed by atoms with Gasteiger partial charge in [0.15, 0.2) is 11.6 Å². The van der Waals surface area contributed by atoms with Crippen LogP contribution in [0.5, 0.6) is 0 Å². The molecule has 1 heterocycles. The van der Waals surface area contributed by atoms with Gasteiger partial charge in [-0.3, -0.25) is 0 Å². The largest absolute Gasteiger partial charge is 0.244 e. The summed E-state index contributed by atoms with van der Waals surface area (Å²) < 4.78 is 25.9. The molecular weight excluding hydrogens is 196 g/mol. The van der Waals surface area contributed by atoms with E-state index in [-0.39, 0.29) is 10.5 Å². The summed E-state index contributed by atoms with van der Waals surface area (Å²) in [6.07, 6.45) is 1.40. The van der Waals surface area contributed by atoms with Gasteiger partial charge in [-0.25, -0.2) is 13.8 Å². The van der Waals surface area contributed by atoms with Crippen LogP contribution in [0.25, 0.3) is 10.8 Å². The smallest absolute Gasteiger partial charge is 0.166 e. The third-order valence-corrected chi connectivity index (χ3v) is 1.96. The molecule has 2 rings (SSSR count). The van der Waals surface area contributed by atoms with Crippen molar-refractivity contribution in [3.05, 3.63) is 41.2 Å². The summed E-state index contributed by atoms with van der Waals surface area (Å²) in [6.45, 7) is 0. The van der Waals surface area contributed by atoms with Gasteiger partial charge in [0.25, 0.3) is 0 Å². The van der Waals surface area contributed by atoms with Crippen LogP contribution in [0.2, 0.25) is 5.15 Å². The number of pyridine rings is 1. The highest BCUT2D eigenvalue weighted by molar-refractivity contribution is 6.30. The second kappa shape index (κ2) is 2.92. The van der Waals surface area contributed by atoms with E-state index in [2.05, 4.69) is 4.98 Å². The molecule has 1 aromatic carbocycles. The van der Waals surface area contributed by atoms with Crippen LogP contribution >= 0.6 is 11.6 Å². The summed E-state index contributed by atoms with van der Waals surface area (Å²) in [7, 11) is 0. The maximum absolute atomic E-state index is 13.1. The van der Waals surface area contributed by atoms with E-state index in [1.54, 1.807) is 0 Å². The van der Waals surface area contributed by atoms with Crippen molar-refractivity contribution in [3.8, 4) is 0 Å². The van der Waals surface area contributed by atoms with Crippen LogP contribution in [-0.4, -0.2) is 4.98 Å². The molecule has 0 saturated carbocycles. The zero-order valence-corrected chi connectivity index (χ0v) is 7.15. The Labute approximate surface area is 78.0 Å². The predicted molar refractivity (Wildman–Crippen MR) is 46.7 cm³/mol. The Morgan fingerprint density at radius 2 is 2.00 bits per heavy atom. The van der Waals surface area contributed by atoms with Crippen LogP contribution in [0.1, 0.15) is 0 Å². The van der Waals surface area contributed by atoms with E-state index < -0.39 is 11.6 Å². The van der Waals surface area contributed by atoms with Gasteiger partial charge in [-0.15, -0.1) is 0 Å². The zero-order chi connectivity index (χ0) is 9.42. The fraction of sp³-hybridized carbons (Fsp3) is 0. The molecule has 0 atom stereocenters. The Morgan fingerprint density at radius 3 is 2.77 bits per heavy atom. The second-order valence-corrected chi connectivity index (χ2v) is 2.98. The number of fused-ring (bicyclic) bond motifs is 1. The molecule has 0 aliphatic rings. The average Bonchev–Trinajstić information content (AvgIpc) is 2.12. The molecule has 4 heteroatoms. The zero-order valence-electron chi connectivity index (χ0n) is 6.39. The molecule has 0 spiro atoms. The van der Waals surface area contributed by atoms with Gasteiger partial charge in [-0.2, -0.15) is 0 Å². The fourth-order valence-electron chi connectivity index (χ4n) is 1.13. The lowest BCUT2D eigenvalue weighted by Gasteiger charge is -1.99. The Hall–Kier alpha value is -1.22. The summed E-state index contributed by atoms with van der Waals surface area (Å²) in [6, 6.07) is 3.82. The Morgan fingerprint density at radius 1 is 1.23 bits per heavy atom. The highest BCUT2D eigenvalue weighted by Gasteiger charge is 2.07. The van der Waals surface area contributed by atoms with E-state index in [0.29, 0.717) is 5.39 Å². The molecule has 1 nitrogen and oxygen atoms in total. The minimum atomic E-state index is -0.887. The first kappa shape index (κ1) is 8.38. The van der Waals surface area contributed by atoms with Gasteiger partial charge in [0.2, 0.25) is 0 Å². The van der Waals surface area contributed by atoms with Crippen LogP contribution in [-0.2, 0) is 0 Å². The predicted octanol–water partition coefficient (Wildman–Crippen LogP) is 3.17. The Kier molecular flexibility index (Phi) is 1.88. The van der Waals surface area contributed by atoms with Gasteiger partial charge in [0.1, 0.15) is 5.15 Å². The standard InChI is InChI=1S/C9H4ClF2N/c10-8-3-6-5(4-13-8)1-2-7(11)9(6)12/h1-4H. The summed E-state index contributed by atoms with van der Waals surface area (Å²) in [5.41, 5.74) is 0. The Balaban J connectivity index is 2.89. The van der Waals surface area contributed by atoms with Crippen molar-refractivity contribution in [2.75, 3.05) is 0 Å². The molecule has 0 aliphatic carbocycles. The number of hydrogen-bond acceptors (Lipinski definition) is 1. The molecular formula is C9H4ClF2N. The summed E-state index contributed by atoms with van der Waals surface area (Å²) in [5.74, 6) is -1.77. The molecule has 0 bridgehead atoms. The number of rotatable bonds is 0. The molecule has 2 aromatic rings. The summed E-state index contributed by atoms with van der Waals surface area (Å²) in [5, 5.41) is 0.834. The topological polar surface area (TPSA) is 12.9 Å². The third kappa shape index (κ3) is 1.35. The van der Waals surface area contributed by atoms with Crippen LogP contribution in [0, 0.1) is 11.6 Å². The number of nitrogens with zero attached hydrogens (tertiary/aromatic N) is 1. The third-order valence-electron chi connectivity index (χ3n) is 1.76. The molecule has 0 N–H and O–H groups in total. The maximum atomic E-state index is 13.1. The highest BCUT2D eigenvalue weighted by Crippen LogP contribution is 2.21. The van der Waals surface area contributed by atoms with Crippen molar-refractivity contribution in [1.29, 1.82) is 0 Å². The second-order valence-electron chi connectivity index (χ2n) is 2.59. The first-order chi connectivity index (χ1) is 6.18. The Bertz CT molecular complexity index is 465. The van der Waals surface area contributed by atoms with Gasteiger partial charge < -0.3 is 0 Å². The SMILES string of the molecule is Fc1ccc2cnc(Cl)cc2c1F. The molecule has 0 radical (unpaired) electrons. The minimum Gasteiger partial charge on any atom is -0.244 e. The van der Waals surface area contributed by atoms with Crippen molar-refractivity contribution >= 4 is 22.4 Å². The molecule has 0 aliphatic heterocycles. The molecule has 0 saturated heterocycles. The number of hydrogen-bond donors (Lipinski definition) is 0. The molecule has 0 unspecified atom stereocenters. The minimum absolute atomic E-state index is 0.150. The van der Waals surface area contributed by atoms with E-state index in [9.17, 15) is 8.78 Å². The summed E-state index contributed by atoms with van der Waals surface area (Å²) >= 11 is 5.54. The highest BCUT2D eigenvalue weighted by atomic mass is 35.5. The number of benzene rings is 1. The van der Waals surface area contributed by atoms with Gasteiger partial charge in [-0.1, -0.05) is 11.6 Å². The van der Waals surface area contributed by atoms with Gasteiger partial charge in [0, 0.05) is 17.0 Å². The monoisotopic (exact) mass is 199 g/mol. The van der Waals surface area contributed by atoms with Gasteiger partial charge in [-0.05, 0) is 18.2 Å². The van der Waals surface area contributed by atoms with Crippen molar-refractivity contribution in [2.45, 2.75) is 0 Å². The van der Waals surface area contributed by atoms with Crippen molar-refractivity contribution in [2.24, 2.45) is 0 Å². The van der Waals surface area contributed by atoms with Crippen molar-refractivity contribution < 1.29 is 8.78 Å². The maximum Gasteiger partial charge on any atom is 0.166 e. The van der Waals surface area contributed by atoms with Crippen molar-refractivity contribution in [3.63, 3.8) is 0 Å². The van der Waals surface area contributed by atoms with Crippen molar-refractivity contribution in [1.82, 2.24) is 4.98 Å².